The van der Waals surface area contributed by atoms with E-state index in [1.165, 1.54) is 37.1 Å². The minimum Gasteiger partial charge on any atom is -0.314 e. The average Bonchev–Trinajstić information content (AvgIpc) is 3.10. The third-order valence-corrected chi connectivity index (χ3v) is 3.84. The van der Waals surface area contributed by atoms with Crippen LogP contribution in [0, 0.1) is 5.92 Å². The molecular weight excluding hydrogens is 222 g/mol. The first-order chi connectivity index (χ1) is 8.72. The van der Waals surface area contributed by atoms with Crippen molar-refractivity contribution in [3.05, 3.63) is 17.5 Å². The Kier molecular flexibility index (Phi) is 4.81. The summed E-state index contributed by atoms with van der Waals surface area (Å²) in [6, 6.07) is 2.91. The fourth-order valence-corrected chi connectivity index (χ4v) is 2.53. The van der Waals surface area contributed by atoms with E-state index in [1.54, 1.807) is 0 Å². The monoisotopic (exact) mass is 249 g/mol. The Morgan fingerprint density at radius 2 is 2.22 bits per heavy atom. The highest BCUT2D eigenvalue weighted by Gasteiger charge is 2.25. The predicted molar refractivity (Wildman–Crippen MR) is 75.7 cm³/mol. The van der Waals surface area contributed by atoms with Crippen molar-refractivity contribution in [2.24, 2.45) is 13.0 Å². The molecule has 1 aliphatic carbocycles. The molecule has 0 saturated heterocycles. The van der Waals surface area contributed by atoms with E-state index in [4.69, 9.17) is 0 Å². The SMILES string of the molecule is CCCNC(Cc1cc(CC)nn1C)CC1CC1. The largest absolute Gasteiger partial charge is 0.314 e. The van der Waals surface area contributed by atoms with Gasteiger partial charge in [0.1, 0.15) is 0 Å². The summed E-state index contributed by atoms with van der Waals surface area (Å²) in [4.78, 5) is 0. The van der Waals surface area contributed by atoms with E-state index >= 15 is 0 Å². The van der Waals surface area contributed by atoms with Crippen LogP contribution in [0.5, 0.6) is 0 Å². The minimum absolute atomic E-state index is 0.637. The zero-order chi connectivity index (χ0) is 13.0. The molecule has 0 spiro atoms. The average molecular weight is 249 g/mol. The van der Waals surface area contributed by atoms with Gasteiger partial charge in [0.05, 0.1) is 5.69 Å². The zero-order valence-electron chi connectivity index (χ0n) is 12.1. The molecule has 1 N–H and O–H groups in total. The van der Waals surface area contributed by atoms with Gasteiger partial charge < -0.3 is 5.32 Å². The maximum absolute atomic E-state index is 4.55. The van der Waals surface area contributed by atoms with Crippen molar-refractivity contribution >= 4 is 0 Å². The lowest BCUT2D eigenvalue weighted by atomic mass is 10.0. The standard InChI is InChI=1S/C15H27N3/c1-4-8-16-14(9-12-6-7-12)11-15-10-13(5-2)17-18(15)3/h10,12,14,16H,4-9,11H2,1-3H3. The third kappa shape index (κ3) is 3.84. The Morgan fingerprint density at radius 1 is 1.44 bits per heavy atom. The third-order valence-electron chi connectivity index (χ3n) is 3.84. The summed E-state index contributed by atoms with van der Waals surface area (Å²) in [5, 5.41) is 8.25. The molecule has 1 atom stereocenters. The Balaban J connectivity index is 1.94. The van der Waals surface area contributed by atoms with Crippen molar-refractivity contribution in [3.63, 3.8) is 0 Å². The Bertz CT molecular complexity index is 366. The minimum atomic E-state index is 0.637. The number of rotatable bonds is 8. The van der Waals surface area contributed by atoms with E-state index < -0.39 is 0 Å². The molecule has 0 amide bonds. The lowest BCUT2D eigenvalue weighted by Crippen LogP contribution is -2.33. The molecule has 3 nitrogen and oxygen atoms in total. The highest BCUT2D eigenvalue weighted by Crippen LogP contribution is 2.34. The molecule has 3 heteroatoms. The van der Waals surface area contributed by atoms with Gasteiger partial charge in [-0.2, -0.15) is 5.10 Å². The normalized spacial score (nSPS) is 17.1. The fourth-order valence-electron chi connectivity index (χ4n) is 2.53. The van der Waals surface area contributed by atoms with Crippen LogP contribution in [-0.2, 0) is 19.9 Å². The van der Waals surface area contributed by atoms with Crippen molar-refractivity contribution in [2.45, 2.75) is 58.4 Å². The van der Waals surface area contributed by atoms with Crippen molar-refractivity contribution < 1.29 is 0 Å². The molecule has 0 bridgehead atoms. The van der Waals surface area contributed by atoms with E-state index in [0.717, 1.165) is 25.3 Å². The summed E-state index contributed by atoms with van der Waals surface area (Å²) in [5.74, 6) is 0.984. The lowest BCUT2D eigenvalue weighted by Gasteiger charge is -2.18. The Labute approximate surface area is 111 Å². The lowest BCUT2D eigenvalue weighted by molar-refractivity contribution is 0.445. The molecule has 102 valence electrons. The van der Waals surface area contributed by atoms with Crippen LogP contribution in [0.3, 0.4) is 0 Å². The van der Waals surface area contributed by atoms with Crippen LogP contribution in [0.15, 0.2) is 6.07 Å². The van der Waals surface area contributed by atoms with Crippen LogP contribution in [0.25, 0.3) is 0 Å². The van der Waals surface area contributed by atoms with Crippen molar-refractivity contribution in [2.75, 3.05) is 6.54 Å². The van der Waals surface area contributed by atoms with Gasteiger partial charge in [0.2, 0.25) is 0 Å². The highest BCUT2D eigenvalue weighted by atomic mass is 15.3. The van der Waals surface area contributed by atoms with Crippen molar-refractivity contribution in [1.29, 1.82) is 0 Å². The molecule has 18 heavy (non-hydrogen) atoms. The van der Waals surface area contributed by atoms with E-state index in [1.807, 2.05) is 0 Å². The van der Waals surface area contributed by atoms with E-state index in [9.17, 15) is 0 Å². The van der Waals surface area contributed by atoms with Gasteiger partial charge in [-0.25, -0.2) is 0 Å². The van der Waals surface area contributed by atoms with Gasteiger partial charge in [-0.1, -0.05) is 26.7 Å². The van der Waals surface area contributed by atoms with Gasteiger partial charge in [-0.15, -0.1) is 0 Å². The Morgan fingerprint density at radius 3 is 2.78 bits per heavy atom. The first-order valence-corrected chi connectivity index (χ1v) is 7.48. The molecule has 1 fully saturated rings. The van der Waals surface area contributed by atoms with Gasteiger partial charge in [0.15, 0.2) is 0 Å². The van der Waals surface area contributed by atoms with Crippen LogP contribution < -0.4 is 5.32 Å². The maximum atomic E-state index is 4.55. The van der Waals surface area contributed by atoms with E-state index in [2.05, 4.69) is 42.1 Å². The predicted octanol–water partition coefficient (Wildman–Crippen LogP) is 2.69. The Hall–Kier alpha value is -0.830. The topological polar surface area (TPSA) is 29.9 Å². The summed E-state index contributed by atoms with van der Waals surface area (Å²) in [6.07, 6.45) is 7.59. The number of hydrogen-bond acceptors (Lipinski definition) is 2. The van der Waals surface area contributed by atoms with Crippen molar-refractivity contribution in [1.82, 2.24) is 15.1 Å². The van der Waals surface area contributed by atoms with Crippen LogP contribution in [-0.4, -0.2) is 22.4 Å². The van der Waals surface area contributed by atoms with Crippen LogP contribution in [0.1, 0.15) is 50.9 Å². The summed E-state index contributed by atoms with van der Waals surface area (Å²) >= 11 is 0. The first kappa shape index (κ1) is 13.6. The molecule has 0 aromatic carbocycles. The molecule has 1 aromatic rings. The first-order valence-electron chi connectivity index (χ1n) is 7.48. The summed E-state index contributed by atoms with van der Waals surface area (Å²) in [7, 11) is 2.07. The quantitative estimate of drug-likeness (QED) is 0.767. The van der Waals surface area contributed by atoms with Gasteiger partial charge in [-0.3, -0.25) is 4.68 Å². The van der Waals surface area contributed by atoms with Crippen molar-refractivity contribution in [3.8, 4) is 0 Å². The second-order valence-electron chi connectivity index (χ2n) is 5.64. The molecule has 0 radical (unpaired) electrons. The number of nitrogens with one attached hydrogen (secondary N) is 1. The van der Waals surface area contributed by atoms with Gasteiger partial charge in [0.25, 0.3) is 0 Å². The number of nitrogens with zero attached hydrogens (tertiary/aromatic N) is 2. The molecule has 1 aromatic heterocycles. The molecule has 1 aliphatic rings. The van der Waals surface area contributed by atoms with Crippen LogP contribution >= 0.6 is 0 Å². The van der Waals surface area contributed by atoms with Crippen LogP contribution in [0.4, 0.5) is 0 Å². The second-order valence-corrected chi connectivity index (χ2v) is 5.64. The summed E-state index contributed by atoms with van der Waals surface area (Å²) < 4.78 is 2.06. The zero-order valence-corrected chi connectivity index (χ0v) is 12.1. The molecule has 1 unspecified atom stereocenters. The molecule has 1 saturated carbocycles. The fraction of sp³-hybridized carbons (Fsp3) is 0.800. The maximum Gasteiger partial charge on any atom is 0.0624 e. The smallest absolute Gasteiger partial charge is 0.0624 e. The van der Waals surface area contributed by atoms with Gasteiger partial charge in [-0.05, 0) is 37.8 Å². The van der Waals surface area contributed by atoms with E-state index in [0.29, 0.717) is 6.04 Å². The molecule has 2 rings (SSSR count). The molecule has 1 heterocycles. The second kappa shape index (κ2) is 6.37. The number of hydrogen-bond donors (Lipinski definition) is 1. The summed E-state index contributed by atoms with van der Waals surface area (Å²) in [5.41, 5.74) is 2.59. The van der Waals surface area contributed by atoms with Crippen LogP contribution in [0.2, 0.25) is 0 Å². The summed E-state index contributed by atoms with van der Waals surface area (Å²) in [6.45, 7) is 5.54. The number of aryl methyl sites for hydroxylation is 2. The highest BCUT2D eigenvalue weighted by molar-refractivity contribution is 5.11. The molecular formula is C15H27N3. The van der Waals surface area contributed by atoms with E-state index in [-0.39, 0.29) is 0 Å². The van der Waals surface area contributed by atoms with Gasteiger partial charge >= 0.3 is 0 Å². The molecule has 0 aliphatic heterocycles. The van der Waals surface area contributed by atoms with Gasteiger partial charge in [0, 0.05) is 25.2 Å². The number of aromatic nitrogens is 2.